The number of hydrogen-bond acceptors (Lipinski definition) is 3. The predicted molar refractivity (Wildman–Crippen MR) is 198 cm³/mol. The summed E-state index contributed by atoms with van der Waals surface area (Å²) in [6.07, 6.45) is 1.92. The zero-order chi connectivity index (χ0) is 31.8. The number of aromatic nitrogens is 2. The van der Waals surface area contributed by atoms with Gasteiger partial charge in [-0.15, -0.1) is 0 Å². The van der Waals surface area contributed by atoms with Crippen molar-refractivity contribution >= 4 is 38.9 Å². The van der Waals surface area contributed by atoms with Crippen molar-refractivity contribution in [1.82, 2.24) is 9.55 Å². The van der Waals surface area contributed by atoms with Crippen LogP contribution in [-0.2, 0) is 5.41 Å². The Labute approximate surface area is 279 Å². The van der Waals surface area contributed by atoms with E-state index in [9.17, 15) is 0 Å². The van der Waals surface area contributed by atoms with Gasteiger partial charge in [-0.3, -0.25) is 4.98 Å². The van der Waals surface area contributed by atoms with Gasteiger partial charge < -0.3 is 14.4 Å². The van der Waals surface area contributed by atoms with Crippen LogP contribution in [0.3, 0.4) is 0 Å². The Morgan fingerprint density at radius 1 is 0.542 bits per heavy atom. The van der Waals surface area contributed by atoms with E-state index in [2.05, 4.69) is 173 Å². The average molecular weight is 617 g/mol. The maximum atomic E-state index is 5.06. The number of fused-ring (bicyclic) bond motifs is 7. The second-order valence-electron chi connectivity index (χ2n) is 12.9. The minimum absolute atomic E-state index is 0.557. The molecule has 1 aliphatic heterocycles. The molecule has 0 atom stereocenters. The summed E-state index contributed by atoms with van der Waals surface area (Å²) in [5.41, 5.74) is 13.9. The van der Waals surface area contributed by atoms with Crippen LogP contribution in [-0.4, -0.2) is 23.3 Å². The van der Waals surface area contributed by atoms with Gasteiger partial charge in [-0.05, 0) is 82.4 Å². The van der Waals surface area contributed by atoms with Gasteiger partial charge in [0.05, 0.1) is 40.2 Å². The molecule has 0 saturated carbocycles. The van der Waals surface area contributed by atoms with Crippen molar-refractivity contribution in [2.45, 2.75) is 5.41 Å². The number of pyridine rings is 1. The van der Waals surface area contributed by atoms with E-state index in [1.54, 1.807) is 0 Å². The van der Waals surface area contributed by atoms with Crippen LogP contribution >= 0.6 is 0 Å². The third kappa shape index (κ3) is 3.63. The average Bonchev–Trinajstić information content (AvgIpc) is 3.78. The molecule has 2 aliphatic rings. The summed E-state index contributed by atoms with van der Waals surface area (Å²) in [6, 6.07) is 57.5. The topological polar surface area (TPSA) is 24.3 Å². The summed E-state index contributed by atoms with van der Waals surface area (Å²) in [5.74, 6) is 0. The van der Waals surface area contributed by atoms with Crippen molar-refractivity contribution < 1.29 is 0 Å². The van der Waals surface area contributed by atoms with Crippen LogP contribution in [0.25, 0.3) is 38.6 Å². The zero-order valence-electron chi connectivity index (χ0n) is 26.6. The summed E-state index contributed by atoms with van der Waals surface area (Å²) in [4.78, 5) is 9.79. The fraction of sp³-hybridized carbons (Fsp3) is 0.0682. The van der Waals surface area contributed by atoms with Crippen molar-refractivity contribution in [2.75, 3.05) is 23.5 Å². The van der Waals surface area contributed by atoms with Crippen LogP contribution in [0.1, 0.15) is 22.4 Å². The van der Waals surface area contributed by atoms with E-state index >= 15 is 0 Å². The summed E-state index contributed by atoms with van der Waals surface area (Å²) in [7, 11) is 2.16. The van der Waals surface area contributed by atoms with Crippen LogP contribution in [0.5, 0.6) is 0 Å². The smallest absolute Gasteiger partial charge is 0.0950 e. The van der Waals surface area contributed by atoms with E-state index in [1.165, 1.54) is 66.7 Å². The Morgan fingerprint density at radius 2 is 1.23 bits per heavy atom. The SMILES string of the molecule is CN1CN(c2ccc3c4ccccc4n(-c4cccc(C5(c6ccccn6)c6ccccc6-c6ccccc65)c4)c3c2)c2ccccc21. The van der Waals surface area contributed by atoms with Crippen LogP contribution < -0.4 is 9.80 Å². The standard InChI is InChI=1S/C44H32N4/c1-46-29-47(41-22-9-8-21-40(41)46)31-24-25-36-35-17-4-7-20-39(35)48(42(36)28-31)32-14-12-13-30(27-32)44(43-23-10-11-26-45-43)37-18-5-2-15-33(37)34-16-3-6-19-38(34)44/h2-28H,29H2,1H3. The first-order valence-corrected chi connectivity index (χ1v) is 16.6. The summed E-state index contributed by atoms with van der Waals surface area (Å²) < 4.78 is 2.45. The number of hydrogen-bond donors (Lipinski definition) is 0. The van der Waals surface area contributed by atoms with Gasteiger partial charge in [-0.1, -0.05) is 103 Å². The molecule has 8 aromatic rings. The maximum absolute atomic E-state index is 5.06. The normalized spacial score (nSPS) is 14.4. The third-order valence-corrected chi connectivity index (χ3v) is 10.4. The fourth-order valence-electron chi connectivity index (χ4n) is 8.44. The number of para-hydroxylation sites is 3. The molecule has 0 unspecified atom stereocenters. The van der Waals surface area contributed by atoms with Gasteiger partial charge in [0.15, 0.2) is 0 Å². The summed E-state index contributed by atoms with van der Waals surface area (Å²) in [6.45, 7) is 0.811. The summed E-state index contributed by atoms with van der Waals surface area (Å²) >= 11 is 0. The molecule has 4 heteroatoms. The molecule has 0 saturated heterocycles. The van der Waals surface area contributed by atoms with Gasteiger partial charge in [-0.2, -0.15) is 0 Å². The lowest BCUT2D eigenvalue weighted by molar-refractivity contribution is 0.734. The minimum atomic E-state index is -0.557. The van der Waals surface area contributed by atoms with E-state index in [0.29, 0.717) is 0 Å². The van der Waals surface area contributed by atoms with Gasteiger partial charge in [-0.25, -0.2) is 0 Å². The largest absolute Gasteiger partial charge is 0.355 e. The molecule has 0 spiro atoms. The molecule has 0 radical (unpaired) electrons. The molecular weight excluding hydrogens is 585 g/mol. The first kappa shape index (κ1) is 27.0. The third-order valence-electron chi connectivity index (χ3n) is 10.4. The quantitative estimate of drug-likeness (QED) is 0.197. The second kappa shape index (κ2) is 10.2. The molecule has 6 aromatic carbocycles. The van der Waals surface area contributed by atoms with E-state index in [1.807, 2.05) is 12.3 Å². The molecule has 10 rings (SSSR count). The van der Waals surface area contributed by atoms with Crippen molar-refractivity contribution in [2.24, 2.45) is 0 Å². The number of nitrogens with zero attached hydrogens (tertiary/aromatic N) is 4. The maximum Gasteiger partial charge on any atom is 0.0950 e. The van der Waals surface area contributed by atoms with Crippen LogP contribution in [0.15, 0.2) is 164 Å². The van der Waals surface area contributed by atoms with E-state index in [-0.39, 0.29) is 0 Å². The Morgan fingerprint density at radius 3 is 2.02 bits per heavy atom. The van der Waals surface area contributed by atoms with E-state index in [0.717, 1.165) is 18.1 Å². The van der Waals surface area contributed by atoms with Crippen molar-refractivity contribution in [1.29, 1.82) is 0 Å². The molecule has 48 heavy (non-hydrogen) atoms. The highest BCUT2D eigenvalue weighted by atomic mass is 15.4. The molecule has 2 aromatic heterocycles. The van der Waals surface area contributed by atoms with Gasteiger partial charge in [0.1, 0.15) is 0 Å². The molecule has 0 amide bonds. The van der Waals surface area contributed by atoms with Crippen molar-refractivity contribution in [3.63, 3.8) is 0 Å². The number of benzene rings is 6. The molecular formula is C44H32N4. The molecule has 3 heterocycles. The van der Waals surface area contributed by atoms with Crippen LogP contribution in [0.4, 0.5) is 17.1 Å². The van der Waals surface area contributed by atoms with Gasteiger partial charge in [0, 0.05) is 35.4 Å². The number of rotatable bonds is 4. The van der Waals surface area contributed by atoms with Crippen molar-refractivity contribution in [3.05, 3.63) is 186 Å². The molecule has 0 N–H and O–H groups in total. The lowest BCUT2D eigenvalue weighted by Gasteiger charge is -2.33. The van der Waals surface area contributed by atoms with Gasteiger partial charge in [0.2, 0.25) is 0 Å². The highest BCUT2D eigenvalue weighted by Crippen LogP contribution is 2.55. The summed E-state index contributed by atoms with van der Waals surface area (Å²) in [5, 5.41) is 2.50. The molecule has 228 valence electrons. The number of anilines is 3. The Bertz CT molecular complexity index is 2480. The Balaban J connectivity index is 1.23. The molecule has 1 aliphatic carbocycles. The Kier molecular flexibility index (Phi) is 5.73. The zero-order valence-corrected chi connectivity index (χ0v) is 26.6. The minimum Gasteiger partial charge on any atom is -0.355 e. The monoisotopic (exact) mass is 616 g/mol. The van der Waals surface area contributed by atoms with E-state index in [4.69, 9.17) is 4.98 Å². The molecule has 4 nitrogen and oxygen atoms in total. The predicted octanol–water partition coefficient (Wildman–Crippen LogP) is 10.1. The lowest BCUT2D eigenvalue weighted by Crippen LogP contribution is -2.29. The molecule has 0 bridgehead atoms. The van der Waals surface area contributed by atoms with Crippen LogP contribution in [0.2, 0.25) is 0 Å². The Hall–Kier alpha value is -6.13. The highest BCUT2D eigenvalue weighted by molar-refractivity contribution is 6.10. The fourth-order valence-corrected chi connectivity index (χ4v) is 8.44. The second-order valence-corrected chi connectivity index (χ2v) is 12.9. The van der Waals surface area contributed by atoms with Gasteiger partial charge in [0.25, 0.3) is 0 Å². The van der Waals surface area contributed by atoms with Crippen LogP contribution in [0, 0.1) is 0 Å². The highest BCUT2D eigenvalue weighted by Gasteiger charge is 2.47. The van der Waals surface area contributed by atoms with Gasteiger partial charge >= 0.3 is 0 Å². The lowest BCUT2D eigenvalue weighted by atomic mass is 9.69. The van der Waals surface area contributed by atoms with E-state index < -0.39 is 5.41 Å². The first-order chi connectivity index (χ1) is 23.7. The first-order valence-electron chi connectivity index (χ1n) is 16.6. The van der Waals surface area contributed by atoms with Crippen molar-refractivity contribution in [3.8, 4) is 16.8 Å². The molecule has 0 fully saturated rings.